The number of hydrogen-bond donors (Lipinski definition) is 2. The normalized spacial score (nSPS) is 28.1. The van der Waals surface area contributed by atoms with Crippen molar-refractivity contribution >= 4 is 5.97 Å². The molecule has 17 heavy (non-hydrogen) atoms. The van der Waals surface area contributed by atoms with E-state index in [9.17, 15) is 4.79 Å². The zero-order valence-corrected chi connectivity index (χ0v) is 9.61. The van der Waals surface area contributed by atoms with E-state index >= 15 is 0 Å². The number of ether oxygens (including phenoxy) is 1. The van der Waals surface area contributed by atoms with Crippen LogP contribution in [-0.4, -0.2) is 35.9 Å². The van der Waals surface area contributed by atoms with Crippen LogP contribution in [0.25, 0.3) is 10.4 Å². The van der Waals surface area contributed by atoms with Gasteiger partial charge in [0.15, 0.2) is 0 Å². The van der Waals surface area contributed by atoms with Gasteiger partial charge in [0.1, 0.15) is 0 Å². The third-order valence-corrected chi connectivity index (χ3v) is 2.61. The number of hydrogen-bond acceptors (Lipinski definition) is 4. The Labute approximate surface area is 98.9 Å². The largest absolute Gasteiger partial charge is 0.478 e. The predicted molar refractivity (Wildman–Crippen MR) is 61.3 cm³/mol. The molecule has 3 atom stereocenters. The Kier molecular flexibility index (Phi) is 4.96. The zero-order valence-electron chi connectivity index (χ0n) is 9.61. The van der Waals surface area contributed by atoms with Gasteiger partial charge in [0, 0.05) is 23.1 Å². The predicted octanol–water partition coefficient (Wildman–Crippen LogP) is 1.20. The molecule has 7 nitrogen and oxygen atoms in total. The van der Waals surface area contributed by atoms with Crippen molar-refractivity contribution in [2.45, 2.75) is 38.0 Å². The molecule has 0 spiro atoms. The Bertz CT molecular complexity index is 363. The van der Waals surface area contributed by atoms with E-state index in [1.54, 1.807) is 0 Å². The molecule has 0 heterocycles. The highest BCUT2D eigenvalue weighted by atomic mass is 16.5. The molecule has 1 aliphatic rings. The van der Waals surface area contributed by atoms with Gasteiger partial charge in [0.2, 0.25) is 0 Å². The molecule has 0 radical (unpaired) electrons. The van der Waals surface area contributed by atoms with E-state index in [4.69, 9.17) is 21.1 Å². The van der Waals surface area contributed by atoms with Gasteiger partial charge in [-0.3, -0.25) is 0 Å². The van der Waals surface area contributed by atoms with Crippen LogP contribution in [-0.2, 0) is 9.53 Å². The molecule has 0 aromatic carbocycles. The summed E-state index contributed by atoms with van der Waals surface area (Å²) < 4.78 is 5.45. The minimum Gasteiger partial charge on any atom is -0.478 e. The van der Waals surface area contributed by atoms with E-state index in [0.717, 1.165) is 6.42 Å². The topological polar surface area (TPSA) is 121 Å². The average molecular weight is 240 g/mol. The fourth-order valence-electron chi connectivity index (χ4n) is 1.71. The summed E-state index contributed by atoms with van der Waals surface area (Å²) in [5.74, 6) is -1.03. The quantitative estimate of drug-likeness (QED) is 0.426. The SMILES string of the molecule is CCCOC1C=C(C(=O)O)CC(N=[N+]=[N-])C1N. The molecule has 1 aliphatic carbocycles. The van der Waals surface area contributed by atoms with Crippen LogP contribution in [0.2, 0.25) is 0 Å². The summed E-state index contributed by atoms with van der Waals surface area (Å²) in [4.78, 5) is 13.6. The number of carboxylic acid groups (broad SMARTS) is 1. The van der Waals surface area contributed by atoms with Crippen LogP contribution in [0.15, 0.2) is 16.8 Å². The number of nitrogens with two attached hydrogens (primary N) is 1. The van der Waals surface area contributed by atoms with Crippen LogP contribution in [0, 0.1) is 0 Å². The number of carbonyl (C=O) groups is 1. The maximum Gasteiger partial charge on any atom is 0.331 e. The van der Waals surface area contributed by atoms with Gasteiger partial charge in [0.25, 0.3) is 0 Å². The van der Waals surface area contributed by atoms with Gasteiger partial charge >= 0.3 is 5.97 Å². The third kappa shape index (κ3) is 3.45. The first-order valence-corrected chi connectivity index (χ1v) is 5.45. The van der Waals surface area contributed by atoms with Gasteiger partial charge in [-0.25, -0.2) is 4.79 Å². The van der Waals surface area contributed by atoms with Crippen LogP contribution in [0.5, 0.6) is 0 Å². The summed E-state index contributed by atoms with van der Waals surface area (Å²) in [6.45, 7) is 2.44. The zero-order chi connectivity index (χ0) is 12.8. The second-order valence-electron chi connectivity index (χ2n) is 3.89. The van der Waals surface area contributed by atoms with Crippen molar-refractivity contribution in [3.63, 3.8) is 0 Å². The van der Waals surface area contributed by atoms with Gasteiger partial charge in [-0.05, 0) is 24.4 Å². The van der Waals surface area contributed by atoms with Gasteiger partial charge in [0.05, 0.1) is 12.1 Å². The van der Waals surface area contributed by atoms with Crippen molar-refractivity contribution in [2.24, 2.45) is 10.8 Å². The first-order chi connectivity index (χ1) is 8.10. The fourth-order valence-corrected chi connectivity index (χ4v) is 1.71. The van der Waals surface area contributed by atoms with E-state index in [1.807, 2.05) is 6.92 Å². The van der Waals surface area contributed by atoms with Crippen molar-refractivity contribution < 1.29 is 14.6 Å². The Balaban J connectivity index is 2.88. The molecule has 0 fully saturated rings. The molecule has 0 aliphatic heterocycles. The van der Waals surface area contributed by atoms with Gasteiger partial charge in [-0.1, -0.05) is 12.0 Å². The first-order valence-electron chi connectivity index (χ1n) is 5.45. The minimum atomic E-state index is -1.03. The Morgan fingerprint density at radius 2 is 2.53 bits per heavy atom. The Morgan fingerprint density at radius 3 is 3.06 bits per heavy atom. The molecule has 7 heteroatoms. The smallest absolute Gasteiger partial charge is 0.331 e. The van der Waals surface area contributed by atoms with Crippen molar-refractivity contribution in [3.8, 4) is 0 Å². The monoisotopic (exact) mass is 240 g/mol. The second kappa shape index (κ2) is 6.24. The minimum absolute atomic E-state index is 0.145. The molecule has 0 amide bonds. The third-order valence-electron chi connectivity index (χ3n) is 2.61. The molecule has 3 unspecified atom stereocenters. The number of azide groups is 1. The van der Waals surface area contributed by atoms with E-state index in [-0.39, 0.29) is 12.0 Å². The maximum atomic E-state index is 10.9. The lowest BCUT2D eigenvalue weighted by Gasteiger charge is -2.31. The summed E-state index contributed by atoms with van der Waals surface area (Å²) in [5.41, 5.74) is 14.5. The molecule has 1 rings (SSSR count). The Hall–Kier alpha value is -1.56. The average Bonchev–Trinajstić information content (AvgIpc) is 2.30. The highest BCUT2D eigenvalue weighted by Gasteiger charge is 2.32. The van der Waals surface area contributed by atoms with Crippen LogP contribution in [0.4, 0.5) is 0 Å². The molecule has 0 saturated carbocycles. The highest BCUT2D eigenvalue weighted by molar-refractivity contribution is 5.87. The summed E-state index contributed by atoms with van der Waals surface area (Å²) in [5, 5.41) is 12.5. The number of rotatable bonds is 5. The summed E-state index contributed by atoms with van der Waals surface area (Å²) in [6, 6.07) is -1.07. The lowest BCUT2D eigenvalue weighted by atomic mass is 9.89. The van der Waals surface area contributed by atoms with Gasteiger partial charge in [-0.15, -0.1) is 0 Å². The van der Waals surface area contributed by atoms with Crippen LogP contribution >= 0.6 is 0 Å². The number of aliphatic carboxylic acids is 1. The number of carboxylic acids is 1. The first kappa shape index (κ1) is 13.5. The van der Waals surface area contributed by atoms with E-state index in [1.165, 1.54) is 6.08 Å². The van der Waals surface area contributed by atoms with Crippen molar-refractivity contribution in [1.82, 2.24) is 0 Å². The van der Waals surface area contributed by atoms with Gasteiger partial charge < -0.3 is 15.6 Å². The molecule has 0 bridgehead atoms. The van der Waals surface area contributed by atoms with Crippen molar-refractivity contribution in [2.75, 3.05) is 6.61 Å². The second-order valence-corrected chi connectivity index (χ2v) is 3.89. The summed E-state index contributed by atoms with van der Waals surface area (Å²) >= 11 is 0. The lowest BCUT2D eigenvalue weighted by molar-refractivity contribution is -0.133. The molecular formula is C10H16N4O3. The van der Waals surface area contributed by atoms with Crippen molar-refractivity contribution in [1.29, 1.82) is 0 Å². The summed E-state index contributed by atoms with van der Waals surface area (Å²) in [6.07, 6.45) is 1.95. The lowest BCUT2D eigenvalue weighted by Crippen LogP contribution is -2.47. The van der Waals surface area contributed by atoms with E-state index in [2.05, 4.69) is 10.0 Å². The standard InChI is InChI=1S/C10H16N4O3/c1-2-3-17-8-5-6(10(15)16)4-7(9(8)11)13-14-12/h5,7-9H,2-4,11H2,1H3,(H,15,16). The van der Waals surface area contributed by atoms with Gasteiger partial charge in [-0.2, -0.15) is 0 Å². The molecule has 0 aromatic rings. The molecular weight excluding hydrogens is 224 g/mol. The van der Waals surface area contributed by atoms with Crippen LogP contribution in [0.1, 0.15) is 19.8 Å². The van der Waals surface area contributed by atoms with Crippen LogP contribution < -0.4 is 5.73 Å². The molecule has 0 saturated heterocycles. The molecule has 0 aromatic heterocycles. The summed E-state index contributed by atoms with van der Waals surface area (Å²) in [7, 11) is 0. The number of nitrogens with zero attached hydrogens (tertiary/aromatic N) is 3. The van der Waals surface area contributed by atoms with E-state index in [0.29, 0.717) is 6.61 Å². The fraction of sp³-hybridized carbons (Fsp3) is 0.700. The Morgan fingerprint density at radius 1 is 1.82 bits per heavy atom. The molecule has 3 N–H and O–H groups in total. The maximum absolute atomic E-state index is 10.9. The molecule has 94 valence electrons. The van der Waals surface area contributed by atoms with E-state index < -0.39 is 24.2 Å². The van der Waals surface area contributed by atoms with Crippen LogP contribution in [0.3, 0.4) is 0 Å². The van der Waals surface area contributed by atoms with Crippen molar-refractivity contribution in [3.05, 3.63) is 22.1 Å². The highest BCUT2D eigenvalue weighted by Crippen LogP contribution is 2.23.